The second kappa shape index (κ2) is 9.04. The summed E-state index contributed by atoms with van der Waals surface area (Å²) in [5.74, 6) is 0.918. The Labute approximate surface area is 182 Å². The molecule has 0 atom stereocenters. The predicted molar refractivity (Wildman–Crippen MR) is 123 cm³/mol. The van der Waals surface area contributed by atoms with Crippen molar-refractivity contribution < 1.29 is 14.3 Å². The smallest absolute Gasteiger partial charge is 0.259 e. The van der Waals surface area contributed by atoms with Gasteiger partial charge in [-0.2, -0.15) is 0 Å². The van der Waals surface area contributed by atoms with E-state index >= 15 is 0 Å². The summed E-state index contributed by atoms with van der Waals surface area (Å²) in [4.78, 5) is 27.5. The molecule has 3 aromatic rings. The first-order chi connectivity index (χ1) is 15.0. The molecule has 5 nitrogen and oxygen atoms in total. The molecule has 0 radical (unpaired) electrons. The van der Waals surface area contributed by atoms with Gasteiger partial charge in [-0.05, 0) is 54.8 Å². The van der Waals surface area contributed by atoms with Crippen molar-refractivity contribution >= 4 is 23.2 Å². The molecular formula is C26H26N2O3. The van der Waals surface area contributed by atoms with E-state index in [1.165, 1.54) is 0 Å². The maximum absolute atomic E-state index is 13.0. The number of anilines is 2. The molecule has 0 saturated carbocycles. The third-order valence-corrected chi connectivity index (χ3v) is 5.32. The van der Waals surface area contributed by atoms with Crippen LogP contribution in [-0.4, -0.2) is 18.4 Å². The first-order valence-electron chi connectivity index (χ1n) is 10.6. The number of hydrogen-bond donors (Lipinski definition) is 1. The molecule has 4 rings (SSSR count). The number of benzene rings is 3. The molecule has 0 bridgehead atoms. The largest absolute Gasteiger partial charge is 0.457 e. The topological polar surface area (TPSA) is 58.6 Å². The van der Waals surface area contributed by atoms with Crippen LogP contribution in [0.5, 0.6) is 11.5 Å². The number of para-hydroxylation sites is 2. The molecule has 3 aromatic carbocycles. The van der Waals surface area contributed by atoms with Gasteiger partial charge in [-0.15, -0.1) is 0 Å². The molecule has 0 saturated heterocycles. The van der Waals surface area contributed by atoms with Crippen LogP contribution in [0.4, 0.5) is 11.4 Å². The van der Waals surface area contributed by atoms with Crippen LogP contribution in [0.1, 0.15) is 36.2 Å². The van der Waals surface area contributed by atoms with Crippen molar-refractivity contribution in [2.24, 2.45) is 5.92 Å². The Morgan fingerprint density at radius 3 is 2.48 bits per heavy atom. The molecule has 1 aliphatic rings. The molecule has 0 fully saturated rings. The van der Waals surface area contributed by atoms with E-state index in [0.29, 0.717) is 29.3 Å². The number of nitrogens with zero attached hydrogens (tertiary/aromatic N) is 1. The van der Waals surface area contributed by atoms with Gasteiger partial charge in [0.25, 0.3) is 5.91 Å². The number of fused-ring (bicyclic) bond motifs is 1. The monoisotopic (exact) mass is 414 g/mol. The van der Waals surface area contributed by atoms with Gasteiger partial charge in [-0.3, -0.25) is 9.59 Å². The highest BCUT2D eigenvalue weighted by Gasteiger charge is 2.25. The average Bonchev–Trinajstić information content (AvgIpc) is 2.79. The molecule has 1 N–H and O–H groups in total. The highest BCUT2D eigenvalue weighted by Crippen LogP contribution is 2.32. The zero-order valence-corrected chi connectivity index (χ0v) is 17.8. The number of rotatable bonds is 5. The van der Waals surface area contributed by atoms with Gasteiger partial charge < -0.3 is 15.0 Å². The zero-order valence-electron chi connectivity index (χ0n) is 17.8. The molecule has 0 spiro atoms. The molecule has 2 amide bonds. The summed E-state index contributed by atoms with van der Waals surface area (Å²) in [5, 5.41) is 2.97. The summed E-state index contributed by atoms with van der Waals surface area (Å²) in [5.41, 5.74) is 3.11. The Balaban J connectivity index is 1.58. The zero-order chi connectivity index (χ0) is 21.8. The number of aryl methyl sites for hydroxylation is 1. The number of carbonyl (C=O) groups excluding carboxylic acids is 2. The summed E-state index contributed by atoms with van der Waals surface area (Å²) < 4.78 is 5.92. The van der Waals surface area contributed by atoms with Crippen molar-refractivity contribution in [3.05, 3.63) is 83.9 Å². The summed E-state index contributed by atoms with van der Waals surface area (Å²) in [6, 6.07) is 22.3. The maximum atomic E-state index is 13.0. The molecular weight excluding hydrogens is 388 g/mol. The lowest BCUT2D eigenvalue weighted by Gasteiger charge is -2.31. The Morgan fingerprint density at radius 1 is 0.968 bits per heavy atom. The van der Waals surface area contributed by atoms with Gasteiger partial charge in [0.05, 0.1) is 5.56 Å². The highest BCUT2D eigenvalue weighted by atomic mass is 16.5. The van der Waals surface area contributed by atoms with Crippen LogP contribution in [0.2, 0.25) is 0 Å². The van der Waals surface area contributed by atoms with Crippen LogP contribution in [0.3, 0.4) is 0 Å². The Hall–Kier alpha value is -3.60. The number of carbonyl (C=O) groups is 2. The summed E-state index contributed by atoms with van der Waals surface area (Å²) in [6.45, 7) is 4.52. The highest BCUT2D eigenvalue weighted by molar-refractivity contribution is 6.07. The van der Waals surface area contributed by atoms with Crippen molar-refractivity contribution in [3.8, 4) is 11.5 Å². The second-order valence-corrected chi connectivity index (χ2v) is 7.96. The lowest BCUT2D eigenvalue weighted by molar-refractivity contribution is -0.121. The number of ether oxygens (including phenoxy) is 1. The molecule has 5 heteroatoms. The van der Waals surface area contributed by atoms with E-state index in [-0.39, 0.29) is 17.7 Å². The van der Waals surface area contributed by atoms with Gasteiger partial charge in [0.1, 0.15) is 11.5 Å². The second-order valence-electron chi connectivity index (χ2n) is 7.96. The molecule has 1 aliphatic heterocycles. The van der Waals surface area contributed by atoms with Crippen LogP contribution in [-0.2, 0) is 11.2 Å². The van der Waals surface area contributed by atoms with Crippen molar-refractivity contribution in [1.82, 2.24) is 0 Å². The van der Waals surface area contributed by atoms with E-state index in [4.69, 9.17) is 4.74 Å². The lowest BCUT2D eigenvalue weighted by atomic mass is 9.99. The molecule has 158 valence electrons. The van der Waals surface area contributed by atoms with Crippen molar-refractivity contribution in [2.45, 2.75) is 26.7 Å². The minimum Gasteiger partial charge on any atom is -0.457 e. The number of hydrogen-bond acceptors (Lipinski definition) is 3. The van der Waals surface area contributed by atoms with Crippen LogP contribution in [0, 0.1) is 5.92 Å². The summed E-state index contributed by atoms with van der Waals surface area (Å²) in [6.07, 6.45) is 1.88. The molecule has 0 aliphatic carbocycles. The van der Waals surface area contributed by atoms with E-state index in [0.717, 1.165) is 24.1 Å². The van der Waals surface area contributed by atoms with Gasteiger partial charge in [0.2, 0.25) is 5.91 Å². The van der Waals surface area contributed by atoms with Crippen LogP contribution < -0.4 is 15.0 Å². The standard InChI is InChI=1S/C26H26N2O3/c1-18(2)26(30)28-16-8-9-19-14-15-20(17-23(19)28)27-25(29)22-12-6-7-13-24(22)31-21-10-4-3-5-11-21/h3-7,10-15,17-18H,8-9,16H2,1-2H3,(H,27,29). The Morgan fingerprint density at radius 2 is 1.71 bits per heavy atom. The lowest BCUT2D eigenvalue weighted by Crippen LogP contribution is -2.38. The summed E-state index contributed by atoms with van der Waals surface area (Å²) >= 11 is 0. The minimum absolute atomic E-state index is 0.0776. The van der Waals surface area contributed by atoms with E-state index in [2.05, 4.69) is 5.32 Å². The fourth-order valence-electron chi connectivity index (χ4n) is 3.75. The fraction of sp³-hybridized carbons (Fsp3) is 0.231. The third-order valence-electron chi connectivity index (χ3n) is 5.32. The SMILES string of the molecule is CC(C)C(=O)N1CCCc2ccc(NC(=O)c3ccccc3Oc3ccccc3)cc21. The molecule has 1 heterocycles. The molecule has 0 unspecified atom stereocenters. The first-order valence-corrected chi connectivity index (χ1v) is 10.6. The van der Waals surface area contributed by atoms with Crippen LogP contribution in [0.25, 0.3) is 0 Å². The average molecular weight is 415 g/mol. The van der Waals surface area contributed by atoms with E-state index < -0.39 is 0 Å². The van der Waals surface area contributed by atoms with E-state index in [9.17, 15) is 9.59 Å². The number of amides is 2. The third kappa shape index (κ3) is 4.61. The number of nitrogens with one attached hydrogen (secondary N) is 1. The first kappa shape index (κ1) is 20.7. The quantitative estimate of drug-likeness (QED) is 0.585. The van der Waals surface area contributed by atoms with Crippen LogP contribution in [0.15, 0.2) is 72.8 Å². The minimum atomic E-state index is -0.260. The molecule has 0 aromatic heterocycles. The summed E-state index contributed by atoms with van der Waals surface area (Å²) in [7, 11) is 0. The van der Waals surface area contributed by atoms with Gasteiger partial charge in [0.15, 0.2) is 0 Å². The van der Waals surface area contributed by atoms with Gasteiger partial charge in [0, 0.05) is 23.8 Å². The van der Waals surface area contributed by atoms with Crippen molar-refractivity contribution in [3.63, 3.8) is 0 Å². The van der Waals surface area contributed by atoms with Gasteiger partial charge >= 0.3 is 0 Å². The Kier molecular flexibility index (Phi) is 6.03. The van der Waals surface area contributed by atoms with E-state index in [1.54, 1.807) is 12.1 Å². The predicted octanol–water partition coefficient (Wildman–Crippen LogP) is 5.67. The fourth-order valence-corrected chi connectivity index (χ4v) is 3.75. The normalized spacial score (nSPS) is 12.9. The van der Waals surface area contributed by atoms with Gasteiger partial charge in [-0.25, -0.2) is 0 Å². The van der Waals surface area contributed by atoms with E-state index in [1.807, 2.05) is 79.4 Å². The van der Waals surface area contributed by atoms with Crippen LogP contribution >= 0.6 is 0 Å². The molecule has 31 heavy (non-hydrogen) atoms. The Bertz CT molecular complexity index is 1090. The maximum Gasteiger partial charge on any atom is 0.259 e. The van der Waals surface area contributed by atoms with Crippen molar-refractivity contribution in [2.75, 3.05) is 16.8 Å². The van der Waals surface area contributed by atoms with Gasteiger partial charge in [-0.1, -0.05) is 50.2 Å². The van der Waals surface area contributed by atoms with Crippen molar-refractivity contribution in [1.29, 1.82) is 0 Å².